The minimum Gasteiger partial charge on any atom is -0.359 e. The maximum atomic E-state index is 13.4. The van der Waals surface area contributed by atoms with Gasteiger partial charge in [-0.15, -0.1) is 0 Å². The first-order chi connectivity index (χ1) is 9.56. The molecule has 2 aromatic carbocycles. The highest BCUT2D eigenvalue weighted by Gasteiger charge is 2.03. The molecule has 0 aliphatic carbocycles. The first kappa shape index (κ1) is 14.2. The highest BCUT2D eigenvalue weighted by atomic mass is 35.5. The summed E-state index contributed by atoms with van der Waals surface area (Å²) < 4.78 is 26.1. The Labute approximate surface area is 119 Å². The number of benzene rings is 2. The van der Waals surface area contributed by atoms with Crippen LogP contribution in [-0.4, -0.2) is 5.78 Å². The van der Waals surface area contributed by atoms with Crippen LogP contribution < -0.4 is 5.32 Å². The van der Waals surface area contributed by atoms with E-state index in [1.54, 1.807) is 0 Å². The predicted molar refractivity (Wildman–Crippen MR) is 74.9 cm³/mol. The largest absolute Gasteiger partial charge is 0.359 e. The molecule has 0 radical (unpaired) electrons. The van der Waals surface area contributed by atoms with Crippen molar-refractivity contribution >= 4 is 23.1 Å². The first-order valence-corrected chi connectivity index (χ1v) is 6.12. The standard InChI is InChI=1S/C15H10ClF2NO/c16-11-3-6-14(13(18)9-11)19-8-7-15(20)10-1-4-12(17)5-2-10/h1-9,19H. The average molecular weight is 294 g/mol. The van der Waals surface area contributed by atoms with Gasteiger partial charge in [-0.05, 0) is 42.5 Å². The lowest BCUT2D eigenvalue weighted by atomic mass is 10.1. The molecule has 1 N–H and O–H groups in total. The molecule has 0 atom stereocenters. The zero-order chi connectivity index (χ0) is 14.5. The summed E-state index contributed by atoms with van der Waals surface area (Å²) in [5.74, 6) is -1.24. The van der Waals surface area contributed by atoms with Crippen molar-refractivity contribution in [2.75, 3.05) is 5.32 Å². The molecule has 0 unspecified atom stereocenters. The van der Waals surface area contributed by atoms with E-state index in [-0.39, 0.29) is 11.5 Å². The van der Waals surface area contributed by atoms with Crippen LogP contribution in [0.25, 0.3) is 0 Å². The van der Waals surface area contributed by atoms with Crippen LogP contribution in [0.2, 0.25) is 5.02 Å². The van der Waals surface area contributed by atoms with Gasteiger partial charge in [0.2, 0.25) is 0 Å². The van der Waals surface area contributed by atoms with Crippen LogP contribution in [-0.2, 0) is 0 Å². The summed E-state index contributed by atoms with van der Waals surface area (Å²) in [4.78, 5) is 11.7. The SMILES string of the molecule is O=C(C=CNc1ccc(Cl)cc1F)c1ccc(F)cc1. The quantitative estimate of drug-likeness (QED) is 0.667. The van der Waals surface area contributed by atoms with Crippen molar-refractivity contribution in [2.24, 2.45) is 0 Å². The molecule has 2 rings (SSSR count). The van der Waals surface area contributed by atoms with Crippen molar-refractivity contribution in [3.63, 3.8) is 0 Å². The number of hydrogen-bond donors (Lipinski definition) is 1. The molecule has 0 aromatic heterocycles. The van der Waals surface area contributed by atoms with E-state index in [1.807, 2.05) is 0 Å². The van der Waals surface area contributed by atoms with Gasteiger partial charge < -0.3 is 5.32 Å². The van der Waals surface area contributed by atoms with Crippen LogP contribution in [0.1, 0.15) is 10.4 Å². The predicted octanol–water partition coefficient (Wildman–Crippen LogP) is 4.43. The summed E-state index contributed by atoms with van der Waals surface area (Å²) in [6.07, 6.45) is 2.55. The Morgan fingerprint density at radius 2 is 1.80 bits per heavy atom. The van der Waals surface area contributed by atoms with E-state index in [4.69, 9.17) is 11.6 Å². The fraction of sp³-hybridized carbons (Fsp3) is 0. The van der Waals surface area contributed by atoms with E-state index >= 15 is 0 Å². The van der Waals surface area contributed by atoms with E-state index in [0.717, 1.165) is 0 Å². The molecule has 2 nitrogen and oxygen atoms in total. The van der Waals surface area contributed by atoms with Gasteiger partial charge in [0.25, 0.3) is 0 Å². The Kier molecular flexibility index (Phi) is 4.48. The molecule has 0 aliphatic heterocycles. The Morgan fingerprint density at radius 1 is 1.10 bits per heavy atom. The minimum atomic E-state index is -0.517. The lowest BCUT2D eigenvalue weighted by Crippen LogP contribution is -1.97. The molecular weight excluding hydrogens is 284 g/mol. The second kappa shape index (κ2) is 6.30. The third-order valence-corrected chi connectivity index (χ3v) is 2.77. The van der Waals surface area contributed by atoms with Crippen molar-refractivity contribution in [1.29, 1.82) is 0 Å². The van der Waals surface area contributed by atoms with Crippen LogP contribution in [0.4, 0.5) is 14.5 Å². The van der Waals surface area contributed by atoms with E-state index < -0.39 is 11.6 Å². The van der Waals surface area contributed by atoms with Gasteiger partial charge in [-0.2, -0.15) is 0 Å². The number of ketones is 1. The van der Waals surface area contributed by atoms with Gasteiger partial charge >= 0.3 is 0 Å². The van der Waals surface area contributed by atoms with Crippen molar-refractivity contribution in [3.05, 3.63) is 77.0 Å². The van der Waals surface area contributed by atoms with Gasteiger partial charge in [0, 0.05) is 22.9 Å². The Morgan fingerprint density at radius 3 is 2.45 bits per heavy atom. The number of halogens is 3. The number of carbonyl (C=O) groups excluding carboxylic acids is 1. The molecule has 0 amide bonds. The summed E-state index contributed by atoms with van der Waals surface area (Å²) in [5.41, 5.74) is 0.554. The molecular formula is C15H10ClF2NO. The molecule has 0 aliphatic rings. The van der Waals surface area contributed by atoms with Crippen LogP contribution in [0, 0.1) is 11.6 Å². The smallest absolute Gasteiger partial charge is 0.187 e. The normalized spacial score (nSPS) is 10.8. The van der Waals surface area contributed by atoms with Crippen LogP contribution in [0.15, 0.2) is 54.7 Å². The van der Waals surface area contributed by atoms with Crippen molar-refractivity contribution in [2.45, 2.75) is 0 Å². The molecule has 0 heterocycles. The molecule has 0 spiro atoms. The molecule has 0 fully saturated rings. The Balaban J connectivity index is 2.02. The number of rotatable bonds is 4. The second-order valence-electron chi connectivity index (χ2n) is 3.97. The lowest BCUT2D eigenvalue weighted by molar-refractivity contribution is 0.104. The maximum Gasteiger partial charge on any atom is 0.187 e. The minimum absolute atomic E-state index is 0.206. The van der Waals surface area contributed by atoms with Gasteiger partial charge in [-0.25, -0.2) is 8.78 Å². The Hall–Kier alpha value is -2.20. The van der Waals surface area contributed by atoms with E-state index in [2.05, 4.69) is 5.32 Å². The lowest BCUT2D eigenvalue weighted by Gasteiger charge is -2.02. The van der Waals surface area contributed by atoms with Crippen molar-refractivity contribution in [3.8, 4) is 0 Å². The van der Waals surface area contributed by atoms with E-state index in [0.29, 0.717) is 10.6 Å². The first-order valence-electron chi connectivity index (χ1n) is 5.74. The fourth-order valence-electron chi connectivity index (χ4n) is 1.52. The van der Waals surface area contributed by atoms with Gasteiger partial charge in [-0.3, -0.25) is 4.79 Å². The average Bonchev–Trinajstić information content (AvgIpc) is 2.42. The topological polar surface area (TPSA) is 29.1 Å². The molecule has 0 saturated carbocycles. The summed E-state index contributed by atoms with van der Waals surface area (Å²) in [7, 11) is 0. The molecule has 0 bridgehead atoms. The van der Waals surface area contributed by atoms with Crippen molar-refractivity contribution < 1.29 is 13.6 Å². The summed E-state index contributed by atoms with van der Waals surface area (Å²) >= 11 is 5.62. The second-order valence-corrected chi connectivity index (χ2v) is 4.41. The maximum absolute atomic E-state index is 13.4. The highest BCUT2D eigenvalue weighted by molar-refractivity contribution is 6.30. The number of allylic oxidation sites excluding steroid dienone is 1. The zero-order valence-electron chi connectivity index (χ0n) is 10.2. The Bertz CT molecular complexity index is 653. The van der Waals surface area contributed by atoms with Crippen molar-refractivity contribution in [1.82, 2.24) is 0 Å². The number of nitrogens with one attached hydrogen (secondary N) is 1. The molecule has 102 valence electrons. The molecule has 5 heteroatoms. The molecule has 2 aromatic rings. The van der Waals surface area contributed by atoms with Crippen LogP contribution >= 0.6 is 11.6 Å². The van der Waals surface area contributed by atoms with Gasteiger partial charge in [0.05, 0.1) is 5.69 Å². The zero-order valence-corrected chi connectivity index (χ0v) is 11.0. The summed E-state index contributed by atoms with van der Waals surface area (Å²) in [6.45, 7) is 0. The fourth-order valence-corrected chi connectivity index (χ4v) is 1.68. The molecule has 0 saturated heterocycles. The third-order valence-electron chi connectivity index (χ3n) is 2.53. The number of hydrogen-bond acceptors (Lipinski definition) is 2. The number of carbonyl (C=O) groups is 1. The van der Waals surface area contributed by atoms with Gasteiger partial charge in [0.15, 0.2) is 5.78 Å². The number of anilines is 1. The van der Waals surface area contributed by atoms with Crippen LogP contribution in [0.5, 0.6) is 0 Å². The monoisotopic (exact) mass is 293 g/mol. The summed E-state index contributed by atoms with van der Waals surface area (Å²) in [6, 6.07) is 9.32. The van der Waals surface area contributed by atoms with Crippen LogP contribution in [0.3, 0.4) is 0 Å². The van der Waals surface area contributed by atoms with E-state index in [1.165, 1.54) is 54.7 Å². The summed E-state index contributed by atoms with van der Waals surface area (Å²) in [5, 5.41) is 2.93. The third kappa shape index (κ3) is 3.65. The molecule has 20 heavy (non-hydrogen) atoms. The van der Waals surface area contributed by atoms with Gasteiger partial charge in [0.1, 0.15) is 11.6 Å². The van der Waals surface area contributed by atoms with E-state index in [9.17, 15) is 13.6 Å². The highest BCUT2D eigenvalue weighted by Crippen LogP contribution is 2.18. The van der Waals surface area contributed by atoms with Gasteiger partial charge in [-0.1, -0.05) is 11.6 Å².